The average molecular weight is 471 g/mol. The third-order valence-electron chi connectivity index (χ3n) is 5.91. The normalized spacial score (nSPS) is 15.0. The van der Waals surface area contributed by atoms with Crippen LogP contribution in [0.4, 0.5) is 0 Å². The van der Waals surface area contributed by atoms with Crippen molar-refractivity contribution >= 4 is 27.5 Å². The number of carbonyl (C=O) groups excluding carboxylic acids is 1. The van der Waals surface area contributed by atoms with Crippen LogP contribution < -0.4 is 9.47 Å². The predicted molar refractivity (Wildman–Crippen MR) is 128 cm³/mol. The molecule has 1 amide bonds. The Bertz CT molecular complexity index is 1120. The van der Waals surface area contributed by atoms with Gasteiger partial charge in [-0.15, -0.1) is 11.3 Å². The molecule has 0 N–H and O–H groups in total. The number of methoxy groups -OCH3 is 3. The van der Waals surface area contributed by atoms with Gasteiger partial charge in [-0.2, -0.15) is 4.98 Å². The maximum absolute atomic E-state index is 13.5. The van der Waals surface area contributed by atoms with Crippen LogP contribution in [0.5, 0.6) is 11.6 Å². The van der Waals surface area contributed by atoms with Crippen LogP contribution in [0.2, 0.25) is 0 Å². The molecule has 9 heteroatoms. The first-order valence-electron chi connectivity index (χ1n) is 11.0. The highest BCUT2D eigenvalue weighted by atomic mass is 32.1. The van der Waals surface area contributed by atoms with Crippen LogP contribution in [0, 0.1) is 6.92 Å². The van der Waals surface area contributed by atoms with Crippen LogP contribution in [0.25, 0.3) is 10.2 Å². The summed E-state index contributed by atoms with van der Waals surface area (Å²) in [5.41, 5.74) is 2.12. The van der Waals surface area contributed by atoms with Crippen LogP contribution in [0.3, 0.4) is 0 Å². The number of nitrogens with zero attached hydrogens (tertiary/aromatic N) is 4. The van der Waals surface area contributed by atoms with E-state index >= 15 is 0 Å². The molecule has 0 radical (unpaired) electrons. The third kappa shape index (κ3) is 5.10. The molecule has 1 fully saturated rings. The van der Waals surface area contributed by atoms with Gasteiger partial charge in [-0.3, -0.25) is 9.69 Å². The molecular formula is C24H30N4O4S. The van der Waals surface area contributed by atoms with Crippen LogP contribution in [-0.2, 0) is 17.9 Å². The molecule has 0 saturated carbocycles. The Morgan fingerprint density at radius 1 is 1.03 bits per heavy atom. The van der Waals surface area contributed by atoms with Crippen LogP contribution >= 0.6 is 11.3 Å². The van der Waals surface area contributed by atoms with Gasteiger partial charge in [-0.25, -0.2) is 4.98 Å². The van der Waals surface area contributed by atoms with Crippen LogP contribution in [0.1, 0.15) is 33.0 Å². The summed E-state index contributed by atoms with van der Waals surface area (Å²) in [5.74, 6) is 1.95. The number of carbonyl (C=O) groups is 1. The Morgan fingerprint density at radius 2 is 1.82 bits per heavy atom. The van der Waals surface area contributed by atoms with Crippen molar-refractivity contribution in [2.45, 2.75) is 26.5 Å². The van der Waals surface area contributed by atoms with Crippen molar-refractivity contribution in [2.75, 3.05) is 47.5 Å². The topological polar surface area (TPSA) is 77.0 Å². The number of benzene rings is 1. The summed E-state index contributed by atoms with van der Waals surface area (Å²) >= 11 is 1.41. The molecule has 0 atom stereocenters. The van der Waals surface area contributed by atoms with Crippen molar-refractivity contribution in [1.82, 2.24) is 19.8 Å². The summed E-state index contributed by atoms with van der Waals surface area (Å²) in [6, 6.07) is 8.17. The number of fused-ring (bicyclic) bond motifs is 1. The Balaban J connectivity index is 1.49. The number of hydrogen-bond donors (Lipinski definition) is 0. The summed E-state index contributed by atoms with van der Waals surface area (Å²) in [6.45, 7) is 6.33. The van der Waals surface area contributed by atoms with Gasteiger partial charge in [0.05, 0.1) is 24.5 Å². The van der Waals surface area contributed by atoms with E-state index in [0.717, 1.165) is 54.1 Å². The molecular weight excluding hydrogens is 440 g/mol. The summed E-state index contributed by atoms with van der Waals surface area (Å²) < 4.78 is 15.9. The van der Waals surface area contributed by atoms with E-state index in [0.29, 0.717) is 29.7 Å². The fraction of sp³-hybridized carbons (Fsp3) is 0.458. The standard InChI is InChI=1S/C24H30N4O4S/c1-16-20-22(32-4)25-19(15-30-2)26-23(20)33-21(16)24(29)28-11-5-10-27(12-13-28)14-17-6-8-18(31-3)9-7-17/h6-9H,5,10-15H2,1-4H3. The summed E-state index contributed by atoms with van der Waals surface area (Å²) in [4.78, 5) is 28.3. The SMILES string of the molecule is COCc1nc(OC)c2c(C)c(C(=O)N3CCCN(Cc4ccc(OC)cc4)CC3)sc2n1. The molecule has 0 spiro atoms. The monoisotopic (exact) mass is 470 g/mol. The van der Waals surface area contributed by atoms with E-state index in [1.807, 2.05) is 24.0 Å². The van der Waals surface area contributed by atoms with Gasteiger partial charge in [0.25, 0.3) is 5.91 Å². The molecule has 1 aromatic carbocycles. The van der Waals surface area contributed by atoms with E-state index in [1.54, 1.807) is 21.3 Å². The largest absolute Gasteiger partial charge is 0.497 e. The minimum Gasteiger partial charge on any atom is -0.497 e. The minimum absolute atomic E-state index is 0.0529. The van der Waals surface area contributed by atoms with Gasteiger partial charge in [-0.1, -0.05) is 12.1 Å². The average Bonchev–Trinajstić information content (AvgIpc) is 3.00. The molecule has 8 nitrogen and oxygen atoms in total. The van der Waals surface area contributed by atoms with Crippen LogP contribution in [0.15, 0.2) is 24.3 Å². The number of thiophene rings is 1. The molecule has 4 rings (SSSR count). The third-order valence-corrected chi connectivity index (χ3v) is 7.08. The smallest absolute Gasteiger partial charge is 0.264 e. The fourth-order valence-corrected chi connectivity index (χ4v) is 5.31. The highest BCUT2D eigenvalue weighted by molar-refractivity contribution is 7.20. The van der Waals surface area contributed by atoms with Gasteiger partial charge in [0.1, 0.15) is 17.2 Å². The highest BCUT2D eigenvalue weighted by Crippen LogP contribution is 2.35. The first kappa shape index (κ1) is 23.4. The molecule has 1 aliphatic rings. The molecule has 1 aliphatic heterocycles. The molecule has 176 valence electrons. The molecule has 1 saturated heterocycles. The zero-order chi connectivity index (χ0) is 23.4. The van der Waals surface area contributed by atoms with Crippen molar-refractivity contribution in [1.29, 1.82) is 0 Å². The van der Waals surface area contributed by atoms with Crippen molar-refractivity contribution in [3.05, 3.63) is 46.1 Å². The lowest BCUT2D eigenvalue weighted by Gasteiger charge is -2.22. The Morgan fingerprint density at radius 3 is 2.52 bits per heavy atom. The predicted octanol–water partition coefficient (Wildman–Crippen LogP) is 3.51. The van der Waals surface area contributed by atoms with Crippen molar-refractivity contribution in [3.63, 3.8) is 0 Å². The quantitative estimate of drug-likeness (QED) is 0.523. The second-order valence-corrected chi connectivity index (χ2v) is 9.09. The van der Waals surface area contributed by atoms with E-state index in [1.165, 1.54) is 16.9 Å². The number of aromatic nitrogens is 2. The Labute approximate surface area is 198 Å². The van der Waals surface area contributed by atoms with E-state index in [2.05, 4.69) is 27.0 Å². The molecule has 0 unspecified atom stereocenters. The maximum Gasteiger partial charge on any atom is 0.264 e. The van der Waals surface area contributed by atoms with E-state index in [9.17, 15) is 4.79 Å². The Hall–Kier alpha value is -2.75. The first-order valence-corrected chi connectivity index (χ1v) is 11.8. The first-order chi connectivity index (χ1) is 16.0. The zero-order valence-electron chi connectivity index (χ0n) is 19.6. The van der Waals surface area contributed by atoms with E-state index in [4.69, 9.17) is 14.2 Å². The van der Waals surface area contributed by atoms with Crippen molar-refractivity contribution < 1.29 is 19.0 Å². The van der Waals surface area contributed by atoms with Gasteiger partial charge < -0.3 is 19.1 Å². The molecule has 3 heterocycles. The number of ether oxygens (including phenoxy) is 3. The summed E-state index contributed by atoms with van der Waals surface area (Å²) in [7, 11) is 4.87. The van der Waals surface area contributed by atoms with Crippen LogP contribution in [-0.4, -0.2) is 73.2 Å². The lowest BCUT2D eigenvalue weighted by Crippen LogP contribution is -2.35. The fourth-order valence-electron chi connectivity index (χ4n) is 4.15. The maximum atomic E-state index is 13.5. The number of aryl methyl sites for hydroxylation is 1. The van der Waals surface area contributed by atoms with Gasteiger partial charge in [0, 0.05) is 39.8 Å². The van der Waals surface area contributed by atoms with E-state index < -0.39 is 0 Å². The molecule has 0 bridgehead atoms. The number of rotatable bonds is 7. The van der Waals surface area contributed by atoms with Gasteiger partial charge in [0.2, 0.25) is 5.88 Å². The highest BCUT2D eigenvalue weighted by Gasteiger charge is 2.26. The summed E-state index contributed by atoms with van der Waals surface area (Å²) in [6.07, 6.45) is 0.937. The van der Waals surface area contributed by atoms with Crippen molar-refractivity contribution in [3.8, 4) is 11.6 Å². The zero-order valence-corrected chi connectivity index (χ0v) is 20.4. The van der Waals surface area contributed by atoms with E-state index in [-0.39, 0.29) is 5.91 Å². The lowest BCUT2D eigenvalue weighted by molar-refractivity contribution is 0.0765. The van der Waals surface area contributed by atoms with Gasteiger partial charge >= 0.3 is 0 Å². The van der Waals surface area contributed by atoms with Gasteiger partial charge in [0.15, 0.2) is 5.82 Å². The second-order valence-electron chi connectivity index (χ2n) is 8.09. The molecule has 3 aromatic rings. The molecule has 2 aromatic heterocycles. The number of hydrogen-bond acceptors (Lipinski definition) is 8. The second kappa shape index (κ2) is 10.5. The number of amides is 1. The Kier molecular flexibility index (Phi) is 7.42. The minimum atomic E-state index is 0.0529. The van der Waals surface area contributed by atoms with Gasteiger partial charge in [-0.05, 0) is 36.6 Å². The summed E-state index contributed by atoms with van der Waals surface area (Å²) in [5, 5.41) is 0.807. The lowest BCUT2D eigenvalue weighted by atomic mass is 10.2. The molecule has 33 heavy (non-hydrogen) atoms. The van der Waals surface area contributed by atoms with Crippen molar-refractivity contribution in [2.24, 2.45) is 0 Å². The molecule has 0 aliphatic carbocycles.